The van der Waals surface area contributed by atoms with Gasteiger partial charge < -0.3 is 9.32 Å². The number of hydrogen-bond acceptors (Lipinski definition) is 5. The van der Waals surface area contributed by atoms with E-state index in [1.807, 2.05) is 11.8 Å². The summed E-state index contributed by atoms with van der Waals surface area (Å²) >= 11 is 0. The zero-order valence-corrected chi connectivity index (χ0v) is 18.8. The number of sulfone groups is 1. The fourth-order valence-electron chi connectivity index (χ4n) is 4.27. The summed E-state index contributed by atoms with van der Waals surface area (Å²) in [5.41, 5.74) is 1.19. The smallest absolute Gasteiger partial charge is 0.236 e. The van der Waals surface area contributed by atoms with E-state index in [0.717, 1.165) is 18.4 Å². The van der Waals surface area contributed by atoms with Crippen LogP contribution in [0.15, 0.2) is 62.9 Å². The van der Waals surface area contributed by atoms with Gasteiger partial charge in [-0.3, -0.25) is 0 Å². The predicted molar refractivity (Wildman–Crippen MR) is 118 cm³/mol. The predicted octanol–water partition coefficient (Wildman–Crippen LogP) is 5.36. The van der Waals surface area contributed by atoms with Crippen molar-refractivity contribution in [1.82, 2.24) is 4.98 Å². The number of nitrogens with zero attached hydrogens (tertiary/aromatic N) is 2. The topological polar surface area (TPSA) is 63.4 Å². The number of hydrogen-bond donors (Lipinski definition) is 0. The molecule has 0 aliphatic carbocycles. The van der Waals surface area contributed by atoms with Crippen LogP contribution in [0.1, 0.15) is 32.8 Å². The molecule has 3 aromatic rings. The van der Waals surface area contributed by atoms with E-state index >= 15 is 0 Å². The summed E-state index contributed by atoms with van der Waals surface area (Å²) in [6.07, 6.45) is 1.88. The first-order valence-corrected chi connectivity index (χ1v) is 12.1. The maximum absolute atomic E-state index is 14.4. The highest BCUT2D eigenvalue weighted by Crippen LogP contribution is 2.37. The molecule has 7 heteroatoms. The van der Waals surface area contributed by atoms with Crippen molar-refractivity contribution in [3.63, 3.8) is 0 Å². The fourth-order valence-corrected chi connectivity index (χ4v) is 5.59. The van der Waals surface area contributed by atoms with Crippen molar-refractivity contribution in [1.29, 1.82) is 0 Å². The second kappa shape index (κ2) is 8.46. The standard InChI is InChI=1S/C24H27FN2O3S/c1-4-18-9-11-19(12-10-18)31(28,29)23-24(27-14-16(2)13-17(3)15-27)30-22(26-23)20-7-5-6-8-21(20)25/h5-12,16-17H,4,13-15H2,1-3H3. The first-order chi connectivity index (χ1) is 14.8. The Morgan fingerprint density at radius 2 is 1.71 bits per heavy atom. The molecule has 0 N–H and O–H groups in total. The van der Waals surface area contributed by atoms with E-state index in [4.69, 9.17) is 4.42 Å². The molecule has 1 fully saturated rings. The molecule has 164 valence electrons. The second-order valence-electron chi connectivity index (χ2n) is 8.46. The SMILES string of the molecule is CCc1ccc(S(=O)(=O)c2nc(-c3ccccc3F)oc2N2CC(C)CC(C)C2)cc1. The first kappa shape index (κ1) is 21.6. The van der Waals surface area contributed by atoms with Crippen LogP contribution in [0.25, 0.3) is 11.5 Å². The molecular weight excluding hydrogens is 415 g/mol. The van der Waals surface area contributed by atoms with Crippen molar-refractivity contribution in [2.24, 2.45) is 11.8 Å². The average Bonchev–Trinajstić information content (AvgIpc) is 3.20. The van der Waals surface area contributed by atoms with E-state index in [1.165, 1.54) is 6.07 Å². The minimum atomic E-state index is -3.95. The van der Waals surface area contributed by atoms with Crippen LogP contribution in [-0.4, -0.2) is 26.5 Å². The van der Waals surface area contributed by atoms with Gasteiger partial charge in [-0.05, 0) is 54.5 Å². The summed E-state index contributed by atoms with van der Waals surface area (Å²) in [6, 6.07) is 12.9. The molecule has 31 heavy (non-hydrogen) atoms. The van der Waals surface area contributed by atoms with Gasteiger partial charge >= 0.3 is 0 Å². The summed E-state index contributed by atoms with van der Waals surface area (Å²) in [4.78, 5) is 6.41. The number of benzene rings is 2. The molecular formula is C24H27FN2O3S. The van der Waals surface area contributed by atoms with Crippen molar-refractivity contribution < 1.29 is 17.2 Å². The Morgan fingerprint density at radius 1 is 1.06 bits per heavy atom. The van der Waals surface area contributed by atoms with Crippen LogP contribution in [0.5, 0.6) is 0 Å². The molecule has 0 saturated carbocycles. The van der Waals surface area contributed by atoms with E-state index < -0.39 is 15.7 Å². The molecule has 1 saturated heterocycles. The zero-order chi connectivity index (χ0) is 22.2. The van der Waals surface area contributed by atoms with E-state index in [0.29, 0.717) is 24.9 Å². The number of aryl methyl sites for hydroxylation is 1. The van der Waals surface area contributed by atoms with Gasteiger partial charge in [0.05, 0.1) is 10.5 Å². The number of halogens is 1. The molecule has 2 atom stereocenters. The molecule has 0 bridgehead atoms. The lowest BCUT2D eigenvalue weighted by atomic mass is 9.92. The molecule has 0 radical (unpaired) electrons. The summed E-state index contributed by atoms with van der Waals surface area (Å²) in [7, 11) is -3.95. The van der Waals surface area contributed by atoms with Crippen LogP contribution in [-0.2, 0) is 16.3 Å². The van der Waals surface area contributed by atoms with Gasteiger partial charge in [0.15, 0.2) is 0 Å². The number of oxazole rings is 1. The maximum atomic E-state index is 14.4. The second-order valence-corrected chi connectivity index (χ2v) is 10.3. The van der Waals surface area contributed by atoms with Crippen LogP contribution in [0, 0.1) is 17.7 Å². The minimum absolute atomic E-state index is 0.0252. The third-order valence-corrected chi connectivity index (χ3v) is 7.40. The van der Waals surface area contributed by atoms with Gasteiger partial charge in [0.25, 0.3) is 0 Å². The fraction of sp³-hybridized carbons (Fsp3) is 0.375. The van der Waals surface area contributed by atoms with Gasteiger partial charge in [0.2, 0.25) is 26.6 Å². The Morgan fingerprint density at radius 3 is 2.32 bits per heavy atom. The van der Waals surface area contributed by atoms with Crippen LogP contribution in [0.4, 0.5) is 10.3 Å². The largest absolute Gasteiger partial charge is 0.419 e. The molecule has 1 aliphatic rings. The van der Waals surface area contributed by atoms with Crippen LogP contribution in [0.2, 0.25) is 0 Å². The van der Waals surface area contributed by atoms with Crippen molar-refractivity contribution in [2.45, 2.75) is 43.5 Å². The Kier molecular flexibility index (Phi) is 5.88. The number of piperidine rings is 1. The van der Waals surface area contributed by atoms with Gasteiger partial charge in [-0.15, -0.1) is 0 Å². The van der Waals surface area contributed by atoms with Crippen molar-refractivity contribution >= 4 is 15.7 Å². The Hall–Kier alpha value is -2.67. The Labute approximate surface area is 182 Å². The lowest BCUT2D eigenvalue weighted by Crippen LogP contribution is -2.39. The van der Waals surface area contributed by atoms with Gasteiger partial charge in [0, 0.05) is 13.1 Å². The molecule has 1 aromatic heterocycles. The number of rotatable bonds is 5. The number of aromatic nitrogens is 1. The Bertz CT molecular complexity index is 1160. The summed E-state index contributed by atoms with van der Waals surface area (Å²) in [5, 5.41) is -0.156. The van der Waals surface area contributed by atoms with Crippen LogP contribution in [0.3, 0.4) is 0 Å². The lowest BCUT2D eigenvalue weighted by molar-refractivity contribution is 0.342. The monoisotopic (exact) mass is 442 g/mol. The van der Waals surface area contributed by atoms with Crippen LogP contribution < -0.4 is 4.90 Å². The molecule has 4 rings (SSSR count). The summed E-state index contributed by atoms with van der Waals surface area (Å²) < 4.78 is 47.5. The van der Waals surface area contributed by atoms with Gasteiger partial charge in [-0.1, -0.05) is 45.0 Å². The van der Waals surface area contributed by atoms with E-state index in [-0.39, 0.29) is 27.3 Å². The van der Waals surface area contributed by atoms with E-state index in [9.17, 15) is 12.8 Å². The highest BCUT2D eigenvalue weighted by atomic mass is 32.2. The highest BCUT2D eigenvalue weighted by Gasteiger charge is 2.34. The summed E-state index contributed by atoms with van der Waals surface area (Å²) in [5.74, 6) is 0.418. The zero-order valence-electron chi connectivity index (χ0n) is 18.0. The molecule has 2 unspecified atom stereocenters. The van der Waals surface area contributed by atoms with Crippen molar-refractivity contribution in [3.8, 4) is 11.5 Å². The van der Waals surface area contributed by atoms with Gasteiger partial charge in [-0.25, -0.2) is 12.8 Å². The molecule has 0 amide bonds. The number of anilines is 1. The third kappa shape index (κ3) is 4.24. The first-order valence-electron chi connectivity index (χ1n) is 10.6. The third-order valence-electron chi connectivity index (χ3n) is 5.74. The average molecular weight is 443 g/mol. The van der Waals surface area contributed by atoms with Gasteiger partial charge in [-0.2, -0.15) is 4.98 Å². The molecule has 0 spiro atoms. The van der Waals surface area contributed by atoms with E-state index in [1.54, 1.807) is 42.5 Å². The molecule has 5 nitrogen and oxygen atoms in total. The van der Waals surface area contributed by atoms with E-state index in [2.05, 4.69) is 18.8 Å². The van der Waals surface area contributed by atoms with Gasteiger partial charge in [0.1, 0.15) is 5.82 Å². The molecule has 2 heterocycles. The molecule has 2 aromatic carbocycles. The maximum Gasteiger partial charge on any atom is 0.236 e. The van der Waals surface area contributed by atoms with Crippen LogP contribution >= 0.6 is 0 Å². The Balaban J connectivity index is 1.86. The van der Waals surface area contributed by atoms with Crippen molar-refractivity contribution in [2.75, 3.05) is 18.0 Å². The lowest BCUT2D eigenvalue weighted by Gasteiger charge is -2.34. The van der Waals surface area contributed by atoms with Crippen molar-refractivity contribution in [3.05, 3.63) is 59.9 Å². The quantitative estimate of drug-likeness (QED) is 0.532. The summed E-state index contributed by atoms with van der Waals surface area (Å²) in [6.45, 7) is 7.60. The normalized spacial score (nSPS) is 19.5. The molecule has 1 aliphatic heterocycles. The highest BCUT2D eigenvalue weighted by molar-refractivity contribution is 7.91. The minimum Gasteiger partial charge on any atom is -0.419 e.